The minimum atomic E-state index is -0.468. The van der Waals surface area contributed by atoms with E-state index in [-0.39, 0.29) is 24.2 Å². The number of aliphatic hydroxyl groups excluding tert-OH is 1. The average Bonchev–Trinajstić information content (AvgIpc) is 3.46. The Morgan fingerprint density at radius 2 is 1.79 bits per heavy atom. The predicted molar refractivity (Wildman–Crippen MR) is 117 cm³/mol. The summed E-state index contributed by atoms with van der Waals surface area (Å²) in [6.07, 6.45) is 4.10. The van der Waals surface area contributed by atoms with Crippen LogP contribution in [-0.4, -0.2) is 77.9 Å². The molecule has 1 saturated heterocycles. The van der Waals surface area contributed by atoms with Gasteiger partial charge < -0.3 is 25.0 Å². The molecule has 0 bridgehead atoms. The highest BCUT2D eigenvalue weighted by Crippen LogP contribution is 2.32. The molecule has 1 amide bonds. The van der Waals surface area contributed by atoms with Gasteiger partial charge in [0, 0.05) is 44.2 Å². The van der Waals surface area contributed by atoms with Crippen LogP contribution in [-0.2, 0) is 4.74 Å². The van der Waals surface area contributed by atoms with Gasteiger partial charge in [-0.25, -0.2) is 4.79 Å². The van der Waals surface area contributed by atoms with Crippen LogP contribution >= 0.6 is 0 Å². The lowest BCUT2D eigenvalue weighted by Gasteiger charge is -2.40. The summed E-state index contributed by atoms with van der Waals surface area (Å²) in [5.41, 5.74) is -0.694. The maximum atomic E-state index is 12.8. The molecule has 2 aliphatic rings. The van der Waals surface area contributed by atoms with Crippen molar-refractivity contribution in [2.45, 2.75) is 78.9 Å². The molecule has 0 atom stereocenters. The lowest BCUT2D eigenvalue weighted by Crippen LogP contribution is -2.52. The summed E-state index contributed by atoms with van der Waals surface area (Å²) in [6.45, 7) is 15.9. The number of nitrogens with one attached hydrogen (secondary N) is 1. The van der Waals surface area contributed by atoms with Crippen molar-refractivity contribution in [2.24, 2.45) is 16.3 Å². The highest BCUT2D eigenvalue weighted by molar-refractivity contribution is 5.80. The van der Waals surface area contributed by atoms with Crippen LogP contribution in [0.25, 0.3) is 0 Å². The summed E-state index contributed by atoms with van der Waals surface area (Å²) in [4.78, 5) is 21.8. The fraction of sp³-hybridized carbons (Fsp3) is 0.909. The Morgan fingerprint density at radius 3 is 2.28 bits per heavy atom. The number of carbonyl (C=O) groups is 1. The smallest absolute Gasteiger partial charge is 0.410 e. The molecule has 1 saturated carbocycles. The Bertz CT molecular complexity index is 559. The number of hydrogen-bond donors (Lipinski definition) is 2. The summed E-state index contributed by atoms with van der Waals surface area (Å²) in [7, 11) is 0. The highest BCUT2D eigenvalue weighted by atomic mass is 16.6. The van der Waals surface area contributed by atoms with Gasteiger partial charge in [0.1, 0.15) is 5.60 Å². The predicted octanol–water partition coefficient (Wildman–Crippen LogP) is 3.08. The summed E-state index contributed by atoms with van der Waals surface area (Å²) < 4.78 is 5.70. The molecule has 7 heteroatoms. The Hall–Kier alpha value is -1.50. The van der Waals surface area contributed by atoms with Gasteiger partial charge in [0.15, 0.2) is 5.96 Å². The van der Waals surface area contributed by atoms with E-state index in [2.05, 4.69) is 17.1 Å². The Morgan fingerprint density at radius 1 is 1.17 bits per heavy atom. The molecule has 2 fully saturated rings. The second kappa shape index (κ2) is 10.0. The molecule has 1 aliphatic carbocycles. The molecule has 0 aromatic carbocycles. The number of ether oxygens (including phenoxy) is 1. The van der Waals surface area contributed by atoms with Gasteiger partial charge in [0.05, 0.1) is 6.54 Å². The van der Waals surface area contributed by atoms with E-state index >= 15 is 0 Å². The van der Waals surface area contributed by atoms with Crippen molar-refractivity contribution in [2.75, 3.05) is 39.3 Å². The van der Waals surface area contributed by atoms with Gasteiger partial charge in [-0.2, -0.15) is 0 Å². The van der Waals surface area contributed by atoms with Crippen LogP contribution in [0, 0.1) is 11.3 Å². The first-order chi connectivity index (χ1) is 13.5. The van der Waals surface area contributed by atoms with Gasteiger partial charge in [-0.3, -0.25) is 4.99 Å². The maximum absolute atomic E-state index is 12.8. The normalized spacial score (nSPS) is 19.3. The van der Waals surface area contributed by atoms with Crippen LogP contribution in [0.4, 0.5) is 4.79 Å². The van der Waals surface area contributed by atoms with E-state index in [1.54, 1.807) is 0 Å². The van der Waals surface area contributed by atoms with Crippen molar-refractivity contribution >= 4 is 12.1 Å². The van der Waals surface area contributed by atoms with Crippen molar-refractivity contribution in [3.63, 3.8) is 0 Å². The number of piperidine rings is 1. The number of rotatable bonds is 7. The van der Waals surface area contributed by atoms with Crippen LogP contribution in [0.5, 0.6) is 0 Å². The van der Waals surface area contributed by atoms with E-state index in [0.717, 1.165) is 45.0 Å². The van der Waals surface area contributed by atoms with Gasteiger partial charge in [-0.15, -0.1) is 0 Å². The Balaban J connectivity index is 1.99. The summed E-state index contributed by atoms with van der Waals surface area (Å²) in [5, 5.41) is 12.9. The highest BCUT2D eigenvalue weighted by Gasteiger charge is 2.35. The largest absolute Gasteiger partial charge is 0.444 e. The molecule has 0 aromatic rings. The van der Waals surface area contributed by atoms with E-state index in [9.17, 15) is 9.90 Å². The molecule has 1 heterocycles. The maximum Gasteiger partial charge on any atom is 0.410 e. The molecule has 2 rings (SSSR count). The molecule has 2 N–H and O–H groups in total. The molecule has 29 heavy (non-hydrogen) atoms. The van der Waals surface area contributed by atoms with Gasteiger partial charge in [-0.05, 0) is 59.3 Å². The summed E-state index contributed by atoms with van der Waals surface area (Å²) in [5.74, 6) is 1.54. The number of aliphatic hydroxyl groups is 1. The monoisotopic (exact) mass is 410 g/mol. The van der Waals surface area contributed by atoms with Crippen LogP contribution < -0.4 is 5.32 Å². The third kappa shape index (κ3) is 8.03. The quantitative estimate of drug-likeness (QED) is 0.498. The zero-order valence-electron chi connectivity index (χ0n) is 19.3. The van der Waals surface area contributed by atoms with E-state index < -0.39 is 5.60 Å². The molecular formula is C22H42N4O3. The Labute approximate surface area is 176 Å². The van der Waals surface area contributed by atoms with Gasteiger partial charge in [0.25, 0.3) is 0 Å². The molecule has 0 radical (unpaired) electrons. The van der Waals surface area contributed by atoms with E-state index in [4.69, 9.17) is 9.73 Å². The number of aliphatic imine (C=N–C) groups is 1. The van der Waals surface area contributed by atoms with E-state index in [0.29, 0.717) is 12.5 Å². The van der Waals surface area contributed by atoms with Crippen LogP contribution in [0.15, 0.2) is 4.99 Å². The lowest BCUT2D eigenvalue weighted by atomic mass is 9.95. The summed E-state index contributed by atoms with van der Waals surface area (Å²) >= 11 is 0. The van der Waals surface area contributed by atoms with Crippen molar-refractivity contribution in [3.05, 3.63) is 0 Å². The molecule has 0 unspecified atom stereocenters. The van der Waals surface area contributed by atoms with Crippen LogP contribution in [0.1, 0.15) is 67.2 Å². The third-order valence-corrected chi connectivity index (χ3v) is 5.40. The SMILES string of the molecule is CCNC(=NCC(C)(C)CO)N1CCC(N(CC2CC2)C(=O)OC(C)(C)C)CC1. The molecular weight excluding hydrogens is 368 g/mol. The second-order valence-corrected chi connectivity index (χ2v) is 10.3. The zero-order valence-corrected chi connectivity index (χ0v) is 19.3. The van der Waals surface area contributed by atoms with E-state index in [1.165, 1.54) is 12.8 Å². The average molecular weight is 411 g/mol. The van der Waals surface area contributed by atoms with Gasteiger partial charge >= 0.3 is 6.09 Å². The standard InChI is InChI=1S/C22H42N4O3/c1-7-23-19(24-15-22(5,6)16-27)25-12-10-18(11-13-25)26(14-17-8-9-17)20(28)29-21(2,3)4/h17-18,27H,7-16H2,1-6H3,(H,23,24). The molecule has 7 nitrogen and oxygen atoms in total. The fourth-order valence-corrected chi connectivity index (χ4v) is 3.43. The number of guanidine groups is 1. The first kappa shape index (κ1) is 23.8. The molecule has 0 aromatic heterocycles. The number of likely N-dealkylation sites (tertiary alicyclic amines) is 1. The minimum absolute atomic E-state index is 0.115. The topological polar surface area (TPSA) is 77.4 Å². The second-order valence-electron chi connectivity index (χ2n) is 10.3. The van der Waals surface area contributed by atoms with Crippen molar-refractivity contribution in [1.82, 2.24) is 15.1 Å². The van der Waals surface area contributed by atoms with Crippen LogP contribution in [0.3, 0.4) is 0 Å². The minimum Gasteiger partial charge on any atom is -0.444 e. The summed E-state index contributed by atoms with van der Waals surface area (Å²) in [6, 6.07) is 0.221. The molecule has 1 aliphatic heterocycles. The van der Waals surface area contributed by atoms with Crippen LogP contribution in [0.2, 0.25) is 0 Å². The van der Waals surface area contributed by atoms with Gasteiger partial charge in [-0.1, -0.05) is 13.8 Å². The van der Waals surface area contributed by atoms with E-state index in [1.807, 2.05) is 39.5 Å². The number of hydrogen-bond acceptors (Lipinski definition) is 4. The lowest BCUT2D eigenvalue weighted by molar-refractivity contribution is 0.00927. The van der Waals surface area contributed by atoms with Crippen molar-refractivity contribution < 1.29 is 14.6 Å². The van der Waals surface area contributed by atoms with Gasteiger partial charge in [0.2, 0.25) is 0 Å². The number of nitrogens with zero attached hydrogens (tertiary/aromatic N) is 3. The first-order valence-electron chi connectivity index (χ1n) is 11.2. The molecule has 0 spiro atoms. The third-order valence-electron chi connectivity index (χ3n) is 5.40. The first-order valence-corrected chi connectivity index (χ1v) is 11.2. The fourth-order valence-electron chi connectivity index (χ4n) is 3.43. The van der Waals surface area contributed by atoms with Crippen molar-refractivity contribution in [3.8, 4) is 0 Å². The zero-order chi connectivity index (χ0) is 21.7. The number of amides is 1. The van der Waals surface area contributed by atoms with Crippen molar-refractivity contribution in [1.29, 1.82) is 0 Å². The molecule has 168 valence electrons. The Kier molecular flexibility index (Phi) is 8.20. The number of carbonyl (C=O) groups excluding carboxylic acids is 1.